The van der Waals surface area contributed by atoms with E-state index in [0.29, 0.717) is 6.42 Å². The van der Waals surface area contributed by atoms with Crippen molar-refractivity contribution in [2.24, 2.45) is 5.41 Å². The van der Waals surface area contributed by atoms with Gasteiger partial charge in [0.2, 0.25) is 5.91 Å². The number of nitrogens with one attached hydrogen (secondary N) is 1. The molecule has 0 unspecified atom stereocenters. The monoisotopic (exact) mass is 201 g/mol. The van der Waals surface area contributed by atoms with Crippen LogP contribution in [0.25, 0.3) is 0 Å². The molecule has 1 N–H and O–H groups in total. The summed E-state index contributed by atoms with van der Waals surface area (Å²) in [6.07, 6.45) is 2.68. The van der Waals surface area contributed by atoms with E-state index in [9.17, 15) is 4.79 Å². The van der Waals surface area contributed by atoms with Gasteiger partial charge in [-0.1, -0.05) is 41.5 Å². The molecule has 0 aliphatic carbocycles. The van der Waals surface area contributed by atoms with Crippen LogP contribution < -0.4 is 5.32 Å². The average molecular weight is 201 g/mol. The maximum Gasteiger partial charge on any atom is 0.220 e. The van der Waals surface area contributed by atoms with Crippen molar-refractivity contribution in [1.82, 2.24) is 5.32 Å². The van der Waals surface area contributed by atoms with Crippen LogP contribution in [-0.4, -0.2) is 12.5 Å². The first-order valence-corrected chi connectivity index (χ1v) is 5.78. The van der Waals surface area contributed by atoms with E-state index in [-0.39, 0.29) is 11.3 Å². The van der Waals surface area contributed by atoms with Gasteiger partial charge >= 0.3 is 0 Å². The van der Waals surface area contributed by atoms with E-state index in [0.717, 1.165) is 19.4 Å². The van der Waals surface area contributed by atoms with Gasteiger partial charge in [0.25, 0.3) is 0 Å². The highest BCUT2D eigenvalue weighted by atomic mass is 16.1. The van der Waals surface area contributed by atoms with Crippen LogP contribution in [0.4, 0.5) is 0 Å². The number of rotatable bonds is 5. The van der Waals surface area contributed by atoms with Crippen LogP contribution in [0.2, 0.25) is 0 Å². The standard InChI is InChI=1S/C10H21NO.C2H6/c1-5-7-9(12)11-8-10(3,4)6-2;1-2/h5-8H2,1-4H3,(H,11,12);1-2H3. The van der Waals surface area contributed by atoms with Crippen LogP contribution in [0.5, 0.6) is 0 Å². The maximum atomic E-state index is 11.1. The molecular formula is C12H27NO. The van der Waals surface area contributed by atoms with E-state index in [2.05, 4.69) is 26.1 Å². The lowest BCUT2D eigenvalue weighted by Gasteiger charge is -2.22. The lowest BCUT2D eigenvalue weighted by atomic mass is 9.90. The quantitative estimate of drug-likeness (QED) is 0.726. The fourth-order valence-electron chi connectivity index (χ4n) is 0.778. The Kier molecular flexibility index (Phi) is 10.3. The minimum Gasteiger partial charge on any atom is -0.356 e. The molecule has 0 radical (unpaired) electrons. The summed E-state index contributed by atoms with van der Waals surface area (Å²) in [5.74, 6) is 0.180. The Morgan fingerprint density at radius 2 is 1.71 bits per heavy atom. The summed E-state index contributed by atoms with van der Waals surface area (Å²) in [5.41, 5.74) is 0.239. The van der Waals surface area contributed by atoms with Crippen LogP contribution >= 0.6 is 0 Å². The van der Waals surface area contributed by atoms with Crippen molar-refractivity contribution in [3.8, 4) is 0 Å². The molecule has 0 rings (SSSR count). The van der Waals surface area contributed by atoms with Gasteiger partial charge in [0.05, 0.1) is 0 Å². The smallest absolute Gasteiger partial charge is 0.220 e. The zero-order chi connectivity index (χ0) is 11.6. The minimum absolute atomic E-state index is 0.180. The second-order valence-corrected chi connectivity index (χ2v) is 4.04. The third kappa shape index (κ3) is 9.56. The van der Waals surface area contributed by atoms with Crippen LogP contribution in [0.1, 0.15) is 60.8 Å². The molecule has 14 heavy (non-hydrogen) atoms. The van der Waals surface area contributed by atoms with Crippen LogP contribution in [-0.2, 0) is 4.79 Å². The van der Waals surface area contributed by atoms with Crippen molar-refractivity contribution in [3.63, 3.8) is 0 Å². The van der Waals surface area contributed by atoms with E-state index < -0.39 is 0 Å². The summed E-state index contributed by atoms with van der Waals surface area (Å²) in [6, 6.07) is 0. The van der Waals surface area contributed by atoms with Crippen LogP contribution in [0.3, 0.4) is 0 Å². The lowest BCUT2D eigenvalue weighted by Crippen LogP contribution is -2.33. The molecule has 0 aromatic heterocycles. The summed E-state index contributed by atoms with van der Waals surface area (Å²) in [7, 11) is 0. The first kappa shape index (κ1) is 15.9. The van der Waals surface area contributed by atoms with Gasteiger partial charge in [-0.3, -0.25) is 4.79 Å². The molecule has 0 saturated carbocycles. The number of carbonyl (C=O) groups excluding carboxylic acids is 1. The van der Waals surface area contributed by atoms with E-state index >= 15 is 0 Å². The van der Waals surface area contributed by atoms with E-state index in [1.54, 1.807) is 0 Å². The van der Waals surface area contributed by atoms with Gasteiger partial charge in [-0.25, -0.2) is 0 Å². The average Bonchev–Trinajstić information content (AvgIpc) is 2.19. The van der Waals surface area contributed by atoms with Gasteiger partial charge in [-0.15, -0.1) is 0 Å². The summed E-state index contributed by atoms with van der Waals surface area (Å²) < 4.78 is 0. The Morgan fingerprint density at radius 1 is 1.21 bits per heavy atom. The zero-order valence-corrected chi connectivity index (χ0v) is 10.7. The molecule has 2 nitrogen and oxygen atoms in total. The highest BCUT2D eigenvalue weighted by Gasteiger charge is 2.15. The zero-order valence-electron chi connectivity index (χ0n) is 10.7. The Labute approximate surface area is 89.5 Å². The van der Waals surface area contributed by atoms with Crippen molar-refractivity contribution in [2.75, 3.05) is 6.54 Å². The number of amides is 1. The number of hydrogen-bond acceptors (Lipinski definition) is 1. The molecule has 2 heteroatoms. The van der Waals surface area contributed by atoms with Gasteiger partial charge < -0.3 is 5.32 Å². The van der Waals surface area contributed by atoms with Crippen LogP contribution in [0, 0.1) is 5.41 Å². The molecule has 0 atom stereocenters. The number of hydrogen-bond donors (Lipinski definition) is 1. The van der Waals surface area contributed by atoms with Crippen molar-refractivity contribution in [1.29, 1.82) is 0 Å². The molecule has 0 spiro atoms. The summed E-state index contributed by atoms with van der Waals surface area (Å²) in [4.78, 5) is 11.1. The van der Waals surface area contributed by atoms with E-state index in [4.69, 9.17) is 0 Å². The Bertz CT molecular complexity index is 141. The van der Waals surface area contributed by atoms with Gasteiger partial charge in [0, 0.05) is 13.0 Å². The number of carbonyl (C=O) groups is 1. The fraction of sp³-hybridized carbons (Fsp3) is 0.917. The molecule has 0 saturated heterocycles. The van der Waals surface area contributed by atoms with E-state index in [1.165, 1.54) is 0 Å². The van der Waals surface area contributed by atoms with Crippen molar-refractivity contribution in [3.05, 3.63) is 0 Å². The Hall–Kier alpha value is -0.530. The van der Waals surface area contributed by atoms with Crippen LogP contribution in [0.15, 0.2) is 0 Å². The lowest BCUT2D eigenvalue weighted by molar-refractivity contribution is -0.121. The first-order chi connectivity index (χ1) is 6.52. The summed E-state index contributed by atoms with van der Waals surface area (Å²) in [5, 5.41) is 2.94. The molecule has 0 fully saturated rings. The molecular weight excluding hydrogens is 174 g/mol. The van der Waals surface area contributed by atoms with Crippen molar-refractivity contribution < 1.29 is 4.79 Å². The van der Waals surface area contributed by atoms with Gasteiger partial charge in [-0.2, -0.15) is 0 Å². The summed E-state index contributed by atoms with van der Waals surface area (Å²) in [6.45, 7) is 13.3. The van der Waals surface area contributed by atoms with Gasteiger partial charge in [0.1, 0.15) is 0 Å². The third-order valence-electron chi connectivity index (χ3n) is 2.20. The molecule has 0 bridgehead atoms. The third-order valence-corrected chi connectivity index (χ3v) is 2.20. The SMILES string of the molecule is CC.CCCC(=O)NCC(C)(C)CC. The maximum absolute atomic E-state index is 11.1. The van der Waals surface area contributed by atoms with E-state index in [1.807, 2.05) is 20.8 Å². The minimum atomic E-state index is 0.180. The fourth-order valence-corrected chi connectivity index (χ4v) is 0.778. The molecule has 0 heterocycles. The normalized spacial score (nSPS) is 10.1. The van der Waals surface area contributed by atoms with Crippen molar-refractivity contribution in [2.45, 2.75) is 60.8 Å². The topological polar surface area (TPSA) is 29.1 Å². The predicted octanol–water partition coefficient (Wildman–Crippen LogP) is 3.37. The molecule has 0 aliphatic heterocycles. The van der Waals surface area contributed by atoms with Gasteiger partial charge in [-0.05, 0) is 18.3 Å². The molecule has 0 aliphatic rings. The highest BCUT2D eigenvalue weighted by Crippen LogP contribution is 2.17. The van der Waals surface area contributed by atoms with Crippen molar-refractivity contribution >= 4 is 5.91 Å². The second-order valence-electron chi connectivity index (χ2n) is 4.04. The molecule has 1 amide bonds. The Balaban J connectivity index is 0. The molecule has 0 aromatic rings. The van der Waals surface area contributed by atoms with Gasteiger partial charge in [0.15, 0.2) is 0 Å². The largest absolute Gasteiger partial charge is 0.356 e. The first-order valence-electron chi connectivity index (χ1n) is 5.78. The molecule has 0 aromatic carbocycles. The Morgan fingerprint density at radius 3 is 2.07 bits per heavy atom. The molecule has 86 valence electrons. The highest BCUT2D eigenvalue weighted by molar-refractivity contribution is 5.75. The summed E-state index contributed by atoms with van der Waals surface area (Å²) >= 11 is 0. The predicted molar refractivity (Wildman–Crippen MR) is 63.3 cm³/mol. The second kappa shape index (κ2) is 9.04.